The smallest absolute Gasteiger partial charge is 0.335 e. The van der Waals surface area contributed by atoms with Crippen LogP contribution in [0, 0.1) is 0 Å². The molecule has 0 aliphatic carbocycles. The van der Waals surface area contributed by atoms with Crippen molar-refractivity contribution in [3.05, 3.63) is 80.8 Å². The van der Waals surface area contributed by atoms with Gasteiger partial charge in [0, 0.05) is 36.1 Å². The standard InChI is InChI=1S/C20H12Cl2O5.C2H4O2/c21-13-5-11-17(7-15(13)23)27-18-8-16(24)14(22)6-12(18)19(11)9-3-1-2-4-10(9)20(25)26;1-2(3)4/h1-8,19,23-24H,(H,25,26);1H3,(H,3,4). The Morgan fingerprint density at radius 2 is 1.29 bits per heavy atom. The molecule has 3 aromatic rings. The van der Waals surface area contributed by atoms with Gasteiger partial charge in [-0.15, -0.1) is 0 Å². The maximum Gasteiger partial charge on any atom is 0.335 e. The highest BCUT2D eigenvalue weighted by atomic mass is 35.5. The minimum absolute atomic E-state index is 0.114. The molecule has 0 atom stereocenters. The van der Waals surface area contributed by atoms with Gasteiger partial charge in [0.2, 0.25) is 0 Å². The SMILES string of the molecule is CC(=O)O.O=C(O)c1ccccc1C1c2cc(Cl)c(O)cc2Oc2cc(O)c(Cl)cc21. The zero-order valence-electron chi connectivity index (χ0n) is 16.0. The summed E-state index contributed by atoms with van der Waals surface area (Å²) in [5.74, 6) is -2.17. The van der Waals surface area contributed by atoms with Crippen LogP contribution in [0.1, 0.15) is 39.9 Å². The first kappa shape index (κ1) is 22.3. The van der Waals surface area contributed by atoms with E-state index in [4.69, 9.17) is 37.8 Å². The van der Waals surface area contributed by atoms with Gasteiger partial charge in [-0.2, -0.15) is 0 Å². The van der Waals surface area contributed by atoms with E-state index in [9.17, 15) is 20.1 Å². The van der Waals surface area contributed by atoms with Crippen LogP contribution in [0.25, 0.3) is 0 Å². The van der Waals surface area contributed by atoms with Gasteiger partial charge in [0.05, 0.1) is 15.6 Å². The summed E-state index contributed by atoms with van der Waals surface area (Å²) in [4.78, 5) is 20.8. The molecule has 4 rings (SSSR count). The molecule has 1 aliphatic heterocycles. The molecule has 0 amide bonds. The highest BCUT2D eigenvalue weighted by molar-refractivity contribution is 6.32. The Morgan fingerprint density at radius 1 is 0.839 bits per heavy atom. The average molecular weight is 463 g/mol. The number of hydrogen-bond acceptors (Lipinski definition) is 5. The quantitative estimate of drug-likeness (QED) is 0.310. The van der Waals surface area contributed by atoms with Crippen molar-refractivity contribution in [3.8, 4) is 23.0 Å². The minimum atomic E-state index is -1.07. The molecule has 0 bridgehead atoms. The fraction of sp³-hybridized carbons (Fsp3) is 0.0909. The second-order valence-electron chi connectivity index (χ2n) is 6.63. The summed E-state index contributed by atoms with van der Waals surface area (Å²) >= 11 is 12.2. The molecule has 1 heterocycles. The summed E-state index contributed by atoms with van der Waals surface area (Å²) in [6.07, 6.45) is 0. The van der Waals surface area contributed by atoms with E-state index in [0.29, 0.717) is 28.2 Å². The predicted octanol–water partition coefficient (Wildman–Crippen LogP) is 5.48. The third-order valence-electron chi connectivity index (χ3n) is 4.50. The molecule has 0 aromatic heterocycles. The van der Waals surface area contributed by atoms with Crippen LogP contribution in [0.5, 0.6) is 23.0 Å². The second kappa shape index (κ2) is 8.75. The van der Waals surface area contributed by atoms with E-state index in [2.05, 4.69) is 0 Å². The summed E-state index contributed by atoms with van der Waals surface area (Å²) in [6.45, 7) is 1.08. The van der Waals surface area contributed by atoms with Crippen molar-refractivity contribution >= 4 is 35.1 Å². The van der Waals surface area contributed by atoms with Crippen molar-refractivity contribution in [2.75, 3.05) is 0 Å². The van der Waals surface area contributed by atoms with Gasteiger partial charge in [0.15, 0.2) is 0 Å². The van der Waals surface area contributed by atoms with Crippen molar-refractivity contribution in [3.63, 3.8) is 0 Å². The van der Waals surface area contributed by atoms with Crippen molar-refractivity contribution in [2.45, 2.75) is 12.8 Å². The molecular weight excluding hydrogens is 447 g/mol. The van der Waals surface area contributed by atoms with Crippen LogP contribution < -0.4 is 4.74 Å². The first-order valence-electron chi connectivity index (χ1n) is 8.84. The summed E-state index contributed by atoms with van der Waals surface area (Å²) in [6, 6.07) is 12.4. The van der Waals surface area contributed by atoms with Crippen LogP contribution in [0.15, 0.2) is 48.5 Å². The number of fused-ring (bicyclic) bond motifs is 2. The maximum absolute atomic E-state index is 11.8. The minimum Gasteiger partial charge on any atom is -0.506 e. The highest BCUT2D eigenvalue weighted by Crippen LogP contribution is 2.52. The number of halogens is 2. The van der Waals surface area contributed by atoms with Gasteiger partial charge >= 0.3 is 5.97 Å². The lowest BCUT2D eigenvalue weighted by Crippen LogP contribution is -2.15. The van der Waals surface area contributed by atoms with E-state index in [1.807, 2.05) is 0 Å². The number of aromatic hydroxyl groups is 2. The highest BCUT2D eigenvalue weighted by Gasteiger charge is 2.33. The number of ether oxygens (including phenoxy) is 1. The largest absolute Gasteiger partial charge is 0.506 e. The van der Waals surface area contributed by atoms with Gasteiger partial charge in [-0.05, 0) is 23.8 Å². The Balaban J connectivity index is 0.000000628. The molecule has 1 aliphatic rings. The van der Waals surface area contributed by atoms with Gasteiger partial charge in [-0.25, -0.2) is 4.79 Å². The summed E-state index contributed by atoms with van der Waals surface area (Å²) in [5, 5.41) is 37.2. The van der Waals surface area contributed by atoms with Gasteiger partial charge in [-0.1, -0.05) is 41.4 Å². The molecule has 0 saturated carbocycles. The van der Waals surface area contributed by atoms with Crippen molar-refractivity contribution in [1.29, 1.82) is 0 Å². The third-order valence-corrected chi connectivity index (χ3v) is 5.11. The molecule has 4 N–H and O–H groups in total. The Hall–Kier alpha value is -3.42. The van der Waals surface area contributed by atoms with Crippen LogP contribution in [-0.4, -0.2) is 32.4 Å². The average Bonchev–Trinajstić information content (AvgIpc) is 2.68. The molecule has 0 saturated heterocycles. The summed E-state index contributed by atoms with van der Waals surface area (Å²) in [7, 11) is 0. The molecule has 7 nitrogen and oxygen atoms in total. The van der Waals surface area contributed by atoms with Crippen LogP contribution in [0.4, 0.5) is 0 Å². The van der Waals surface area contributed by atoms with Crippen LogP contribution in [-0.2, 0) is 4.79 Å². The number of carboxylic acids is 2. The molecule has 0 spiro atoms. The fourth-order valence-corrected chi connectivity index (χ4v) is 3.65. The Kier molecular flexibility index (Phi) is 6.29. The lowest BCUT2D eigenvalue weighted by molar-refractivity contribution is -0.134. The number of phenolic OH excluding ortho intramolecular Hbond substituents is 2. The zero-order chi connectivity index (χ0) is 22.9. The third kappa shape index (κ3) is 4.52. The molecule has 0 fully saturated rings. The van der Waals surface area contributed by atoms with E-state index in [0.717, 1.165) is 6.92 Å². The lowest BCUT2D eigenvalue weighted by Gasteiger charge is -2.30. The second-order valence-corrected chi connectivity index (χ2v) is 7.44. The number of aliphatic carboxylic acids is 1. The topological polar surface area (TPSA) is 124 Å². The van der Waals surface area contributed by atoms with E-state index in [1.165, 1.54) is 18.2 Å². The van der Waals surface area contributed by atoms with Crippen molar-refractivity contribution in [2.24, 2.45) is 0 Å². The van der Waals surface area contributed by atoms with Gasteiger partial charge in [0.1, 0.15) is 23.0 Å². The van der Waals surface area contributed by atoms with Crippen LogP contribution >= 0.6 is 23.2 Å². The van der Waals surface area contributed by atoms with E-state index >= 15 is 0 Å². The van der Waals surface area contributed by atoms with Gasteiger partial charge in [-0.3, -0.25) is 4.79 Å². The lowest BCUT2D eigenvalue weighted by atomic mass is 9.80. The first-order valence-corrected chi connectivity index (χ1v) is 9.60. The molecule has 31 heavy (non-hydrogen) atoms. The van der Waals surface area contributed by atoms with E-state index < -0.39 is 17.9 Å². The monoisotopic (exact) mass is 462 g/mol. The Bertz CT molecular complexity index is 1130. The normalized spacial score (nSPS) is 12.0. The number of benzene rings is 3. The maximum atomic E-state index is 11.8. The van der Waals surface area contributed by atoms with E-state index in [-0.39, 0.29) is 27.1 Å². The molecule has 9 heteroatoms. The summed E-state index contributed by atoms with van der Waals surface area (Å²) < 4.78 is 5.82. The predicted molar refractivity (Wildman–Crippen MR) is 114 cm³/mol. The van der Waals surface area contributed by atoms with E-state index in [1.54, 1.807) is 30.3 Å². The molecule has 0 radical (unpaired) electrons. The number of hydrogen-bond donors (Lipinski definition) is 4. The van der Waals surface area contributed by atoms with Gasteiger partial charge < -0.3 is 25.2 Å². The number of carbonyl (C=O) groups is 2. The summed E-state index contributed by atoms with van der Waals surface area (Å²) in [5.41, 5.74) is 1.80. The van der Waals surface area contributed by atoms with Gasteiger partial charge in [0.25, 0.3) is 5.97 Å². The first-order chi connectivity index (χ1) is 14.6. The number of phenols is 2. The number of rotatable bonds is 2. The molecule has 0 unspecified atom stereocenters. The van der Waals surface area contributed by atoms with Crippen LogP contribution in [0.3, 0.4) is 0 Å². The molecule has 160 valence electrons. The zero-order valence-corrected chi connectivity index (χ0v) is 17.5. The number of carboxylic acid groups (broad SMARTS) is 2. The fourth-order valence-electron chi connectivity index (χ4n) is 3.31. The Labute approximate surface area is 186 Å². The Morgan fingerprint density at radius 3 is 1.74 bits per heavy atom. The van der Waals surface area contributed by atoms with Crippen molar-refractivity contribution in [1.82, 2.24) is 0 Å². The molecule has 3 aromatic carbocycles. The number of aromatic carboxylic acids is 1. The van der Waals surface area contributed by atoms with Crippen molar-refractivity contribution < 1.29 is 34.8 Å². The van der Waals surface area contributed by atoms with Crippen LogP contribution in [0.2, 0.25) is 10.0 Å². The molecular formula is C22H16Cl2O7.